The smallest absolute Gasteiger partial charge is 0.159 e. The molecule has 0 aliphatic heterocycles. The Kier molecular flexibility index (Phi) is 5.47. The van der Waals surface area contributed by atoms with E-state index in [-0.39, 0.29) is 12.7 Å². The predicted molar refractivity (Wildman–Crippen MR) is 60.6 cm³/mol. The van der Waals surface area contributed by atoms with Crippen molar-refractivity contribution in [1.82, 2.24) is 0 Å². The lowest BCUT2D eigenvalue weighted by Gasteiger charge is -2.16. The first kappa shape index (κ1) is 14.0. The van der Waals surface area contributed by atoms with Gasteiger partial charge in [-0.15, -0.1) is 0 Å². The van der Waals surface area contributed by atoms with Crippen LogP contribution in [0.1, 0.15) is 18.5 Å². The van der Waals surface area contributed by atoms with E-state index in [2.05, 4.69) is 0 Å². The summed E-state index contributed by atoms with van der Waals surface area (Å²) in [5.74, 6) is -1.78. The summed E-state index contributed by atoms with van der Waals surface area (Å²) in [6, 6.07) is 3.12. The Morgan fingerprint density at radius 2 is 1.94 bits per heavy atom. The van der Waals surface area contributed by atoms with Crippen LogP contribution >= 0.6 is 0 Å². The maximum atomic E-state index is 13.0. The second-order valence-electron chi connectivity index (χ2n) is 3.88. The highest BCUT2D eigenvalue weighted by Gasteiger charge is 2.11. The average molecular weight is 245 g/mol. The van der Waals surface area contributed by atoms with Gasteiger partial charge in [-0.3, -0.25) is 0 Å². The van der Waals surface area contributed by atoms with Crippen LogP contribution in [0.4, 0.5) is 8.78 Å². The van der Waals surface area contributed by atoms with Gasteiger partial charge in [-0.2, -0.15) is 0 Å². The van der Waals surface area contributed by atoms with Crippen molar-refractivity contribution >= 4 is 0 Å². The zero-order valence-electron chi connectivity index (χ0n) is 9.95. The Labute approximate surface area is 99.5 Å². The Morgan fingerprint density at radius 1 is 1.24 bits per heavy atom. The van der Waals surface area contributed by atoms with E-state index >= 15 is 0 Å². The van der Waals surface area contributed by atoms with Crippen LogP contribution in [0, 0.1) is 11.6 Å². The number of hydrogen-bond acceptors (Lipinski definition) is 3. The van der Waals surface area contributed by atoms with Crippen LogP contribution in [0.15, 0.2) is 18.2 Å². The molecule has 96 valence electrons. The minimum absolute atomic E-state index is 0.0867. The van der Waals surface area contributed by atoms with Crippen molar-refractivity contribution in [2.24, 2.45) is 5.73 Å². The summed E-state index contributed by atoms with van der Waals surface area (Å²) in [7, 11) is 1.58. The van der Waals surface area contributed by atoms with E-state index in [0.717, 1.165) is 12.1 Å². The summed E-state index contributed by atoms with van der Waals surface area (Å²) in [6.07, 6.45) is -0.0867. The van der Waals surface area contributed by atoms with Crippen LogP contribution in [-0.2, 0) is 9.47 Å². The minimum Gasteiger partial charge on any atom is -0.382 e. The lowest BCUT2D eigenvalue weighted by atomic mass is 10.1. The Morgan fingerprint density at radius 3 is 2.53 bits per heavy atom. The van der Waals surface area contributed by atoms with Gasteiger partial charge in [0.15, 0.2) is 11.6 Å². The van der Waals surface area contributed by atoms with Crippen LogP contribution < -0.4 is 5.73 Å². The zero-order valence-corrected chi connectivity index (χ0v) is 9.95. The summed E-state index contributed by atoms with van der Waals surface area (Å²) in [5, 5.41) is 0. The molecule has 0 amide bonds. The molecule has 1 aromatic rings. The lowest BCUT2D eigenvalue weighted by molar-refractivity contribution is 0.00326. The number of hydrogen-bond donors (Lipinski definition) is 1. The molecule has 0 heterocycles. The van der Waals surface area contributed by atoms with Gasteiger partial charge in [0, 0.05) is 7.11 Å². The monoisotopic (exact) mass is 245 g/mol. The summed E-state index contributed by atoms with van der Waals surface area (Å²) in [4.78, 5) is 0. The van der Waals surface area contributed by atoms with E-state index in [1.54, 1.807) is 7.11 Å². The normalized spacial score (nSPS) is 14.6. The van der Waals surface area contributed by atoms with Crippen LogP contribution in [0.2, 0.25) is 0 Å². The van der Waals surface area contributed by atoms with Gasteiger partial charge in [0.05, 0.1) is 25.4 Å². The van der Waals surface area contributed by atoms with Gasteiger partial charge >= 0.3 is 0 Å². The number of rotatable bonds is 6. The van der Waals surface area contributed by atoms with Gasteiger partial charge in [0.25, 0.3) is 0 Å². The number of halogens is 2. The quantitative estimate of drug-likeness (QED) is 0.833. The first-order chi connectivity index (χ1) is 8.04. The van der Waals surface area contributed by atoms with Gasteiger partial charge in [-0.1, -0.05) is 6.07 Å². The van der Waals surface area contributed by atoms with Crippen molar-refractivity contribution in [2.75, 3.05) is 20.3 Å². The van der Waals surface area contributed by atoms with Crippen LogP contribution in [0.3, 0.4) is 0 Å². The SMILES string of the molecule is COCC(C)OCC(N)c1ccc(F)c(F)c1. The Balaban J connectivity index is 2.52. The molecular weight excluding hydrogens is 228 g/mol. The topological polar surface area (TPSA) is 44.5 Å². The number of nitrogens with two attached hydrogens (primary N) is 1. The Hall–Kier alpha value is -1.04. The van der Waals surface area contributed by atoms with Crippen molar-refractivity contribution in [3.05, 3.63) is 35.4 Å². The fourth-order valence-electron chi connectivity index (χ4n) is 1.39. The predicted octanol–water partition coefficient (Wildman–Crippen LogP) is 2.02. The highest BCUT2D eigenvalue weighted by atomic mass is 19.2. The van der Waals surface area contributed by atoms with Crippen LogP contribution in [0.25, 0.3) is 0 Å². The average Bonchev–Trinajstić information content (AvgIpc) is 2.30. The summed E-state index contributed by atoms with van der Waals surface area (Å²) in [6.45, 7) is 2.54. The van der Waals surface area contributed by atoms with Crippen molar-refractivity contribution in [3.63, 3.8) is 0 Å². The standard InChI is InChI=1S/C12H17F2NO2/c1-8(6-16-2)17-7-12(15)9-3-4-10(13)11(14)5-9/h3-5,8,12H,6-7,15H2,1-2H3. The third-order valence-corrected chi connectivity index (χ3v) is 2.33. The highest BCUT2D eigenvalue weighted by Crippen LogP contribution is 2.15. The van der Waals surface area contributed by atoms with Crippen LogP contribution in [0.5, 0.6) is 0 Å². The molecule has 2 N–H and O–H groups in total. The molecule has 0 aliphatic carbocycles. The summed E-state index contributed by atoms with van der Waals surface area (Å²) in [5.41, 5.74) is 6.31. The fraction of sp³-hybridized carbons (Fsp3) is 0.500. The highest BCUT2D eigenvalue weighted by molar-refractivity contribution is 5.20. The lowest BCUT2D eigenvalue weighted by Crippen LogP contribution is -2.23. The van der Waals surface area contributed by atoms with Gasteiger partial charge in [0.2, 0.25) is 0 Å². The molecule has 0 radical (unpaired) electrons. The van der Waals surface area contributed by atoms with Crippen LogP contribution in [-0.4, -0.2) is 26.4 Å². The van der Waals surface area contributed by atoms with Gasteiger partial charge in [0.1, 0.15) is 0 Å². The maximum Gasteiger partial charge on any atom is 0.159 e. The maximum absolute atomic E-state index is 13.0. The van der Waals surface area contributed by atoms with E-state index in [1.807, 2.05) is 6.92 Å². The van der Waals surface area contributed by atoms with Gasteiger partial charge in [-0.05, 0) is 24.6 Å². The third kappa shape index (κ3) is 4.38. The van der Waals surface area contributed by atoms with Gasteiger partial charge in [-0.25, -0.2) is 8.78 Å². The van der Waals surface area contributed by atoms with E-state index in [1.165, 1.54) is 6.07 Å². The van der Waals surface area contributed by atoms with E-state index in [4.69, 9.17) is 15.2 Å². The Bertz CT molecular complexity index is 360. The molecule has 1 rings (SSSR count). The molecule has 2 atom stereocenters. The van der Waals surface area contributed by atoms with Gasteiger partial charge < -0.3 is 15.2 Å². The largest absolute Gasteiger partial charge is 0.382 e. The minimum atomic E-state index is -0.900. The molecule has 0 spiro atoms. The third-order valence-electron chi connectivity index (χ3n) is 2.33. The van der Waals surface area contributed by atoms with Crippen molar-refractivity contribution in [3.8, 4) is 0 Å². The van der Waals surface area contributed by atoms with Crippen molar-refractivity contribution in [1.29, 1.82) is 0 Å². The first-order valence-electron chi connectivity index (χ1n) is 5.35. The van der Waals surface area contributed by atoms with Crippen molar-refractivity contribution < 1.29 is 18.3 Å². The second kappa shape index (κ2) is 6.64. The molecule has 0 bridgehead atoms. The van der Waals surface area contributed by atoms with E-state index in [0.29, 0.717) is 12.2 Å². The molecule has 0 aromatic heterocycles. The number of ether oxygens (including phenoxy) is 2. The molecular formula is C12H17F2NO2. The molecule has 0 aliphatic rings. The van der Waals surface area contributed by atoms with E-state index < -0.39 is 17.7 Å². The molecule has 0 saturated heterocycles. The molecule has 17 heavy (non-hydrogen) atoms. The molecule has 0 saturated carbocycles. The van der Waals surface area contributed by atoms with E-state index in [9.17, 15) is 8.78 Å². The second-order valence-corrected chi connectivity index (χ2v) is 3.88. The summed E-state index contributed by atoms with van der Waals surface area (Å²) < 4.78 is 36.0. The zero-order chi connectivity index (χ0) is 12.8. The van der Waals surface area contributed by atoms with Crippen molar-refractivity contribution in [2.45, 2.75) is 19.1 Å². The number of benzene rings is 1. The summed E-state index contributed by atoms with van der Waals surface area (Å²) >= 11 is 0. The molecule has 3 nitrogen and oxygen atoms in total. The molecule has 0 fully saturated rings. The molecule has 1 aromatic carbocycles. The first-order valence-corrected chi connectivity index (χ1v) is 5.35. The fourth-order valence-corrected chi connectivity index (χ4v) is 1.39. The molecule has 5 heteroatoms. The molecule has 2 unspecified atom stereocenters. The number of methoxy groups -OCH3 is 1.